The molecule has 0 amide bonds. The summed E-state index contributed by atoms with van der Waals surface area (Å²) in [6.45, 7) is 7.88. The lowest BCUT2D eigenvalue weighted by molar-refractivity contribution is -0.237. The van der Waals surface area contributed by atoms with Gasteiger partial charge in [-0.15, -0.1) is 0 Å². The Labute approximate surface area is 378 Å². The Morgan fingerprint density at radius 2 is 0.800 bits per heavy atom. The number of Topliss-reactive ketones (excluding diaryl/α,β-unsaturated/α-hetero) is 2. The molecule has 65 heavy (non-hydrogen) atoms. The highest BCUT2D eigenvalue weighted by atomic mass is 32.2. The molecule has 2 N–H and O–H groups in total. The van der Waals surface area contributed by atoms with Gasteiger partial charge >= 0.3 is 47.8 Å². The maximum atomic E-state index is 15.0. The van der Waals surface area contributed by atoms with Crippen LogP contribution in [-0.2, 0) is 85.7 Å². The van der Waals surface area contributed by atoms with E-state index in [0.29, 0.717) is 23.5 Å². The van der Waals surface area contributed by atoms with Crippen LogP contribution in [0.2, 0.25) is 0 Å². The summed E-state index contributed by atoms with van der Waals surface area (Å²) in [5, 5.41) is 22.9. The third-order valence-corrected chi connectivity index (χ3v) is 11.9. The number of aromatic hydroxyl groups is 2. The van der Waals surface area contributed by atoms with Crippen LogP contribution in [0.5, 0.6) is 17.2 Å². The zero-order chi connectivity index (χ0) is 48.8. The van der Waals surface area contributed by atoms with Crippen LogP contribution in [0.25, 0.3) is 0 Å². The molecular formula is C40H46O23S2. The van der Waals surface area contributed by atoms with Crippen molar-refractivity contribution in [1.82, 2.24) is 0 Å². The maximum absolute atomic E-state index is 15.0. The Kier molecular flexibility index (Phi) is 17.4. The van der Waals surface area contributed by atoms with Crippen LogP contribution in [0, 0.1) is 6.92 Å². The van der Waals surface area contributed by atoms with Gasteiger partial charge < -0.3 is 62.3 Å². The number of hydrogen-bond donors (Lipinski definition) is 2. The van der Waals surface area contributed by atoms with E-state index in [1.165, 1.54) is 6.92 Å². The summed E-state index contributed by atoms with van der Waals surface area (Å²) >= 11 is 0.672. The van der Waals surface area contributed by atoms with Gasteiger partial charge in [-0.05, 0) is 6.92 Å². The van der Waals surface area contributed by atoms with Gasteiger partial charge in [0.1, 0.15) is 42.0 Å². The van der Waals surface area contributed by atoms with Crippen molar-refractivity contribution in [3.05, 3.63) is 26.5 Å². The maximum Gasteiger partial charge on any atom is 0.303 e. The largest absolute Gasteiger partial charge is 0.507 e. The quantitative estimate of drug-likeness (QED) is 0.143. The number of hydrogen-bond acceptors (Lipinski definition) is 25. The lowest BCUT2D eigenvalue weighted by Gasteiger charge is -2.45. The summed E-state index contributed by atoms with van der Waals surface area (Å²) < 4.78 is 61.0. The third kappa shape index (κ3) is 12.3. The topological polar surface area (TPSA) is 313 Å². The fraction of sp³-hybridized carbons (Fsp3) is 0.550. The molecule has 2 fully saturated rings. The van der Waals surface area contributed by atoms with E-state index in [1.54, 1.807) is 0 Å². The van der Waals surface area contributed by atoms with Crippen molar-refractivity contribution in [3.8, 4) is 17.2 Å². The van der Waals surface area contributed by atoms with Gasteiger partial charge in [-0.25, -0.2) is 0 Å². The van der Waals surface area contributed by atoms with E-state index >= 15 is 0 Å². The SMILES string of the molecule is COc1c(C)c(O)c2c(c1O)C(=O)C(SC1OC(COC(C)=O)C(OC(C)=O)C(OC(C)=O)C1OC(C)=O)=C(SC1OC(COC(C)=O)C(OC(C)=O)C(OC(C)=O)C1OC(C)=O)C2=O. The van der Waals surface area contributed by atoms with E-state index in [0.717, 1.165) is 62.5 Å². The van der Waals surface area contributed by atoms with Crippen molar-refractivity contribution >= 4 is 82.8 Å². The Morgan fingerprint density at radius 1 is 0.492 bits per heavy atom. The van der Waals surface area contributed by atoms with Crippen LogP contribution >= 0.6 is 23.5 Å². The number of ether oxygens (including phenoxy) is 11. The Balaban J connectivity index is 2.05. The molecule has 1 aromatic rings. The van der Waals surface area contributed by atoms with Crippen LogP contribution < -0.4 is 4.74 Å². The van der Waals surface area contributed by atoms with Crippen molar-refractivity contribution < 1.29 is 110 Å². The van der Waals surface area contributed by atoms with Crippen LogP contribution in [0.1, 0.15) is 81.7 Å². The first-order valence-electron chi connectivity index (χ1n) is 19.3. The predicted molar refractivity (Wildman–Crippen MR) is 216 cm³/mol. The molecule has 2 aliphatic heterocycles. The molecule has 2 heterocycles. The summed E-state index contributed by atoms with van der Waals surface area (Å²) in [6.07, 6.45) is -13.4. The summed E-state index contributed by atoms with van der Waals surface area (Å²) in [6, 6.07) is 0. The molecule has 10 atom stereocenters. The minimum Gasteiger partial charge on any atom is -0.507 e. The average molecular weight is 959 g/mol. The highest BCUT2D eigenvalue weighted by Crippen LogP contribution is 2.52. The molecule has 1 aliphatic carbocycles. The van der Waals surface area contributed by atoms with Crippen LogP contribution in [0.3, 0.4) is 0 Å². The van der Waals surface area contributed by atoms with Crippen LogP contribution in [0.15, 0.2) is 9.81 Å². The zero-order valence-corrected chi connectivity index (χ0v) is 38.1. The van der Waals surface area contributed by atoms with Gasteiger partial charge in [0.25, 0.3) is 0 Å². The molecule has 2 saturated heterocycles. The summed E-state index contributed by atoms with van der Waals surface area (Å²) in [4.78, 5) is 128. The molecule has 0 radical (unpaired) electrons. The molecule has 25 heteroatoms. The standard InChI is InChI=1S/C40H46O23S2/c1-13-26(49)24-25(27(50)30(13)53-10)29(52)38(65-40-36(61-21(9)48)34(59-19(7)46)32(57-17(5)44)23(63-40)12-55-15(3)42)37(28(24)51)64-39-35(60-20(8)47)33(58-18(6)45)31(56-16(4)43)22(62-39)11-54-14(2)41/h22-23,31-36,39-40,49-50H,11-12H2,1-10H3. The van der Waals surface area contributed by atoms with E-state index in [2.05, 4.69) is 0 Å². The Hall–Kier alpha value is -5.92. The van der Waals surface area contributed by atoms with Crippen LogP contribution in [0.4, 0.5) is 0 Å². The second-order valence-corrected chi connectivity index (χ2v) is 16.5. The van der Waals surface area contributed by atoms with E-state index < -0.39 is 170 Å². The fourth-order valence-corrected chi connectivity index (χ4v) is 9.62. The van der Waals surface area contributed by atoms with Crippen molar-refractivity contribution in [1.29, 1.82) is 0 Å². The minimum atomic E-state index is -1.80. The first-order chi connectivity index (χ1) is 30.4. The lowest BCUT2D eigenvalue weighted by Crippen LogP contribution is -2.61. The van der Waals surface area contributed by atoms with Crippen molar-refractivity contribution in [3.63, 3.8) is 0 Å². The minimum absolute atomic E-state index is 0.183. The number of phenolic OH excluding ortho intramolecular Hbond substituents is 2. The smallest absolute Gasteiger partial charge is 0.303 e. The van der Waals surface area contributed by atoms with Gasteiger partial charge in [-0.2, -0.15) is 0 Å². The van der Waals surface area contributed by atoms with Crippen molar-refractivity contribution in [2.75, 3.05) is 20.3 Å². The normalized spacial score (nSPS) is 26.1. The summed E-state index contributed by atoms with van der Waals surface area (Å²) in [7, 11) is 1.11. The van der Waals surface area contributed by atoms with Gasteiger partial charge in [0.2, 0.25) is 11.6 Å². The number of allylic oxidation sites excluding steroid dienone is 2. The number of methoxy groups -OCH3 is 1. The van der Waals surface area contributed by atoms with Crippen LogP contribution in [-0.4, -0.2) is 150 Å². The number of benzene rings is 1. The van der Waals surface area contributed by atoms with E-state index in [4.69, 9.17) is 52.1 Å². The first kappa shape index (κ1) is 51.7. The molecule has 0 saturated carbocycles. The highest BCUT2D eigenvalue weighted by molar-refractivity contribution is 8.08. The second-order valence-electron chi connectivity index (χ2n) is 14.3. The molecule has 1 aromatic carbocycles. The number of esters is 8. The second kappa shape index (κ2) is 21.8. The summed E-state index contributed by atoms with van der Waals surface area (Å²) in [5.41, 5.74) is -5.24. The molecule has 0 aromatic heterocycles. The van der Waals surface area contributed by atoms with E-state index in [-0.39, 0.29) is 5.56 Å². The molecule has 356 valence electrons. The van der Waals surface area contributed by atoms with Crippen molar-refractivity contribution in [2.45, 2.75) is 122 Å². The van der Waals surface area contributed by atoms with Gasteiger partial charge in [0.15, 0.2) is 48.1 Å². The Morgan fingerprint density at radius 3 is 1.11 bits per heavy atom. The van der Waals surface area contributed by atoms with Crippen molar-refractivity contribution in [2.24, 2.45) is 0 Å². The van der Waals surface area contributed by atoms with Gasteiger partial charge in [0, 0.05) is 61.0 Å². The Bertz CT molecular complexity index is 2170. The molecule has 4 rings (SSSR count). The predicted octanol–water partition coefficient (Wildman–Crippen LogP) is 1.64. The molecule has 3 aliphatic rings. The van der Waals surface area contributed by atoms with Gasteiger partial charge in [0.05, 0.1) is 28.0 Å². The third-order valence-electron chi connectivity index (χ3n) is 9.28. The number of rotatable bonds is 15. The number of phenols is 2. The van der Waals surface area contributed by atoms with Gasteiger partial charge in [-0.1, -0.05) is 23.5 Å². The number of thioether (sulfide) groups is 2. The van der Waals surface area contributed by atoms with Gasteiger partial charge in [-0.3, -0.25) is 47.9 Å². The molecule has 0 bridgehead atoms. The summed E-state index contributed by atoms with van der Waals surface area (Å²) in [5.74, 6) is -12.1. The molecule has 23 nitrogen and oxygen atoms in total. The first-order valence-corrected chi connectivity index (χ1v) is 21.0. The number of carbonyl (C=O) groups is 10. The van der Waals surface area contributed by atoms with E-state index in [1.807, 2.05) is 0 Å². The fourth-order valence-electron chi connectivity index (χ4n) is 6.96. The van der Waals surface area contributed by atoms with E-state index in [9.17, 15) is 58.2 Å². The monoisotopic (exact) mass is 958 g/mol. The number of ketones is 2. The zero-order valence-electron chi connectivity index (χ0n) is 36.5. The highest BCUT2D eigenvalue weighted by Gasteiger charge is 2.56. The lowest BCUT2D eigenvalue weighted by atomic mass is 9.90. The molecule has 10 unspecified atom stereocenters. The number of fused-ring (bicyclic) bond motifs is 1. The molecule has 0 spiro atoms. The number of carbonyl (C=O) groups excluding carboxylic acids is 10. The average Bonchev–Trinajstić information content (AvgIpc) is 3.18. The molecular weight excluding hydrogens is 913 g/mol.